The lowest BCUT2D eigenvalue weighted by Crippen LogP contribution is -2.02. The lowest BCUT2D eigenvalue weighted by Gasteiger charge is -2.11. The van der Waals surface area contributed by atoms with Gasteiger partial charge in [-0.1, -0.05) is 19.4 Å². The van der Waals surface area contributed by atoms with Crippen LogP contribution in [0.25, 0.3) is 6.08 Å². The Morgan fingerprint density at radius 2 is 1.81 bits per heavy atom. The third kappa shape index (κ3) is 5.35. The molecule has 27 heavy (non-hydrogen) atoms. The second-order valence-corrected chi connectivity index (χ2v) is 5.84. The van der Waals surface area contributed by atoms with Gasteiger partial charge in [0.15, 0.2) is 11.5 Å². The van der Waals surface area contributed by atoms with Crippen molar-refractivity contribution in [1.29, 1.82) is 5.26 Å². The van der Waals surface area contributed by atoms with Gasteiger partial charge in [-0.25, -0.2) is 0 Å². The first-order chi connectivity index (χ1) is 13.1. The van der Waals surface area contributed by atoms with Gasteiger partial charge in [-0.15, -0.1) is 0 Å². The van der Waals surface area contributed by atoms with E-state index in [0.717, 1.165) is 12.8 Å². The van der Waals surface area contributed by atoms with E-state index in [4.69, 9.17) is 14.2 Å². The van der Waals surface area contributed by atoms with Crippen LogP contribution >= 0.6 is 0 Å². The normalized spacial score (nSPS) is 10.8. The molecule has 140 valence electrons. The average Bonchev–Trinajstić information content (AvgIpc) is 2.72. The van der Waals surface area contributed by atoms with Gasteiger partial charge >= 0.3 is 0 Å². The maximum absolute atomic E-state index is 12.6. The maximum atomic E-state index is 12.6. The van der Waals surface area contributed by atoms with E-state index in [-0.39, 0.29) is 11.4 Å². The predicted octanol–water partition coefficient (Wildman–Crippen LogP) is 4.67. The highest BCUT2D eigenvalue weighted by atomic mass is 16.5. The fourth-order valence-electron chi connectivity index (χ4n) is 2.44. The predicted molar refractivity (Wildman–Crippen MR) is 104 cm³/mol. The zero-order chi connectivity index (χ0) is 19.6. The van der Waals surface area contributed by atoms with Crippen LogP contribution in [0.15, 0.2) is 48.0 Å². The number of nitriles is 1. The Bertz CT molecular complexity index is 848. The molecule has 0 aromatic heterocycles. The monoisotopic (exact) mass is 365 g/mol. The summed E-state index contributed by atoms with van der Waals surface area (Å²) in [6.45, 7) is 2.67. The van der Waals surface area contributed by atoms with Crippen LogP contribution in [0.4, 0.5) is 0 Å². The van der Waals surface area contributed by atoms with Crippen molar-refractivity contribution in [2.24, 2.45) is 0 Å². The molecule has 2 aromatic carbocycles. The van der Waals surface area contributed by atoms with Gasteiger partial charge in [0, 0.05) is 5.56 Å². The molecule has 0 aliphatic heterocycles. The number of carbonyl (C=O) groups is 1. The van der Waals surface area contributed by atoms with Crippen molar-refractivity contribution in [3.05, 3.63) is 59.2 Å². The van der Waals surface area contributed by atoms with Crippen LogP contribution in [0.3, 0.4) is 0 Å². The van der Waals surface area contributed by atoms with Gasteiger partial charge < -0.3 is 14.2 Å². The first-order valence-electron chi connectivity index (χ1n) is 8.74. The standard InChI is InChI=1S/C22H23NO4/c1-4-5-12-27-21-14-16(6-11-20(21)26-3)13-18(15-23)22(24)17-7-9-19(25-2)10-8-17/h6-11,13-14H,4-5,12H2,1-3H3/b18-13+. The Labute approximate surface area is 159 Å². The number of ketones is 1. The highest BCUT2D eigenvalue weighted by Crippen LogP contribution is 2.29. The summed E-state index contributed by atoms with van der Waals surface area (Å²) < 4.78 is 16.2. The average molecular weight is 365 g/mol. The quantitative estimate of drug-likeness (QED) is 0.279. The number of carbonyl (C=O) groups excluding carboxylic acids is 1. The summed E-state index contributed by atoms with van der Waals surface area (Å²) in [5.74, 6) is 1.51. The number of hydrogen-bond donors (Lipinski definition) is 0. The molecule has 0 unspecified atom stereocenters. The first kappa shape index (κ1) is 20.1. The van der Waals surface area contributed by atoms with Crippen LogP contribution in [-0.4, -0.2) is 26.6 Å². The van der Waals surface area contributed by atoms with E-state index in [0.29, 0.717) is 35.0 Å². The van der Waals surface area contributed by atoms with Crippen LogP contribution in [-0.2, 0) is 0 Å². The summed E-state index contributed by atoms with van der Waals surface area (Å²) in [6, 6.07) is 14.0. The highest BCUT2D eigenvalue weighted by molar-refractivity contribution is 6.14. The van der Waals surface area contributed by atoms with Crippen LogP contribution in [0, 0.1) is 11.3 Å². The van der Waals surface area contributed by atoms with Crippen LogP contribution < -0.4 is 14.2 Å². The zero-order valence-electron chi connectivity index (χ0n) is 15.8. The smallest absolute Gasteiger partial charge is 0.203 e. The van der Waals surface area contributed by atoms with Crippen molar-refractivity contribution in [1.82, 2.24) is 0 Å². The van der Waals surface area contributed by atoms with Crippen LogP contribution in [0.2, 0.25) is 0 Å². The number of allylic oxidation sites excluding steroid dienone is 1. The molecule has 2 aromatic rings. The molecule has 0 aliphatic rings. The molecule has 0 fully saturated rings. The largest absolute Gasteiger partial charge is 0.497 e. The third-order valence-corrected chi connectivity index (χ3v) is 3.97. The van der Waals surface area contributed by atoms with Crippen molar-refractivity contribution in [3.8, 4) is 23.3 Å². The minimum Gasteiger partial charge on any atom is -0.497 e. The Balaban J connectivity index is 2.28. The molecule has 0 heterocycles. The molecule has 0 saturated heterocycles. The van der Waals surface area contributed by atoms with Crippen LogP contribution in [0.1, 0.15) is 35.7 Å². The second-order valence-electron chi connectivity index (χ2n) is 5.84. The van der Waals surface area contributed by atoms with E-state index >= 15 is 0 Å². The SMILES string of the molecule is CCCCOc1cc(/C=C(\C#N)C(=O)c2ccc(OC)cc2)ccc1OC. The fraction of sp³-hybridized carbons (Fsp3) is 0.273. The molecule has 5 heteroatoms. The van der Waals surface area contributed by atoms with Crippen molar-refractivity contribution in [2.45, 2.75) is 19.8 Å². The van der Waals surface area contributed by atoms with E-state index in [2.05, 4.69) is 6.92 Å². The van der Waals surface area contributed by atoms with Crippen molar-refractivity contribution < 1.29 is 19.0 Å². The van der Waals surface area contributed by atoms with Gasteiger partial charge in [0.25, 0.3) is 0 Å². The van der Waals surface area contributed by atoms with Crippen molar-refractivity contribution >= 4 is 11.9 Å². The molecule has 0 atom stereocenters. The minimum absolute atomic E-state index is 0.0461. The van der Waals surface area contributed by atoms with Gasteiger partial charge in [0.05, 0.1) is 20.8 Å². The van der Waals surface area contributed by atoms with Gasteiger partial charge in [0.1, 0.15) is 17.4 Å². The topological polar surface area (TPSA) is 68.5 Å². The van der Waals surface area contributed by atoms with E-state index in [1.807, 2.05) is 6.07 Å². The Morgan fingerprint density at radius 1 is 1.07 bits per heavy atom. The summed E-state index contributed by atoms with van der Waals surface area (Å²) in [5.41, 5.74) is 1.17. The molecular weight excluding hydrogens is 342 g/mol. The molecule has 0 amide bonds. The molecule has 0 saturated carbocycles. The number of methoxy groups -OCH3 is 2. The third-order valence-electron chi connectivity index (χ3n) is 3.97. The van der Waals surface area contributed by atoms with Gasteiger partial charge in [0.2, 0.25) is 5.78 Å². The number of hydrogen-bond acceptors (Lipinski definition) is 5. The van der Waals surface area contributed by atoms with Gasteiger partial charge in [-0.05, 0) is 54.5 Å². The fourth-order valence-corrected chi connectivity index (χ4v) is 2.44. The first-order valence-corrected chi connectivity index (χ1v) is 8.74. The number of unbranched alkanes of at least 4 members (excludes halogenated alkanes) is 1. The maximum Gasteiger partial charge on any atom is 0.203 e. The van der Waals surface area contributed by atoms with E-state index in [1.165, 1.54) is 0 Å². The zero-order valence-corrected chi connectivity index (χ0v) is 15.8. The number of benzene rings is 2. The number of ether oxygens (including phenoxy) is 3. The second kappa shape index (κ2) is 10.0. The van der Waals surface area contributed by atoms with E-state index in [1.54, 1.807) is 62.8 Å². The van der Waals surface area contributed by atoms with Gasteiger partial charge in [-0.3, -0.25) is 4.79 Å². The molecule has 0 N–H and O–H groups in total. The molecule has 5 nitrogen and oxygen atoms in total. The molecular formula is C22H23NO4. The lowest BCUT2D eigenvalue weighted by molar-refractivity contribution is 0.104. The summed E-state index contributed by atoms with van der Waals surface area (Å²) in [4.78, 5) is 12.6. The number of nitrogens with zero attached hydrogens (tertiary/aromatic N) is 1. The van der Waals surface area contributed by atoms with Crippen molar-refractivity contribution in [3.63, 3.8) is 0 Å². The minimum atomic E-state index is -0.343. The van der Waals surface area contributed by atoms with Gasteiger partial charge in [-0.2, -0.15) is 5.26 Å². The molecule has 0 bridgehead atoms. The summed E-state index contributed by atoms with van der Waals surface area (Å²) in [5, 5.41) is 9.44. The Hall–Kier alpha value is -3.26. The van der Waals surface area contributed by atoms with Crippen molar-refractivity contribution in [2.75, 3.05) is 20.8 Å². The summed E-state index contributed by atoms with van der Waals surface area (Å²) in [7, 11) is 3.13. The van der Waals surface area contributed by atoms with E-state index < -0.39 is 0 Å². The Morgan fingerprint density at radius 3 is 2.41 bits per heavy atom. The Kier molecular flexibility index (Phi) is 7.45. The molecule has 0 aliphatic carbocycles. The van der Waals surface area contributed by atoms with Crippen LogP contribution in [0.5, 0.6) is 17.2 Å². The molecule has 0 radical (unpaired) electrons. The molecule has 2 rings (SSSR count). The lowest BCUT2D eigenvalue weighted by atomic mass is 10.0. The van der Waals surface area contributed by atoms with E-state index in [9.17, 15) is 10.1 Å². The summed E-state index contributed by atoms with van der Waals surface area (Å²) in [6.07, 6.45) is 3.51. The summed E-state index contributed by atoms with van der Waals surface area (Å²) >= 11 is 0. The number of rotatable bonds is 9. The highest BCUT2D eigenvalue weighted by Gasteiger charge is 2.13. The number of Topliss-reactive ketones (excluding diaryl/α,β-unsaturated/α-hetero) is 1. The molecule has 0 spiro atoms.